The van der Waals surface area contributed by atoms with Crippen LogP contribution in [0.3, 0.4) is 0 Å². The molecule has 5 rings (SSSR count). The summed E-state index contributed by atoms with van der Waals surface area (Å²) in [5.41, 5.74) is 8.65. The zero-order chi connectivity index (χ0) is 22.6. The van der Waals surface area contributed by atoms with Gasteiger partial charge in [-0.3, -0.25) is 18.8 Å². The maximum atomic E-state index is 13.3. The fraction of sp³-hybridized carbons (Fsp3) is 0.286. The van der Waals surface area contributed by atoms with Gasteiger partial charge in [-0.15, -0.1) is 0 Å². The quantitative estimate of drug-likeness (QED) is 0.422. The number of nitrogens with one attached hydrogen (secondary N) is 2. The first kappa shape index (κ1) is 19.8. The molecule has 164 valence electrons. The van der Waals surface area contributed by atoms with Crippen LogP contribution in [0.2, 0.25) is 0 Å². The molecule has 0 saturated heterocycles. The van der Waals surface area contributed by atoms with Gasteiger partial charge in [0.1, 0.15) is 22.9 Å². The summed E-state index contributed by atoms with van der Waals surface area (Å²) in [6.45, 7) is 3.89. The standard InChI is InChI=1S/C21H23N9O2/c1-11-6-15(21(32)28(10-11)16-9-25-29(12(16)2)13-4-5-13)26-17-7-18(23-3)30-20(27-17)14(8-24-30)19(22)31/h6-10,13,23H,4-5H2,1-3H3,(H2,22,31)(H,26,27). The number of hydrogen-bond acceptors (Lipinski definition) is 7. The average molecular weight is 433 g/mol. The molecule has 1 amide bonds. The Bertz CT molecular complexity index is 1430. The van der Waals surface area contributed by atoms with Crippen LogP contribution in [0.4, 0.5) is 17.3 Å². The second-order valence-electron chi connectivity index (χ2n) is 7.96. The lowest BCUT2D eigenvalue weighted by Crippen LogP contribution is -2.22. The molecule has 11 heteroatoms. The number of amides is 1. The second-order valence-corrected chi connectivity index (χ2v) is 7.96. The number of carbonyl (C=O) groups is 1. The Morgan fingerprint density at radius 2 is 1.97 bits per heavy atom. The predicted octanol–water partition coefficient (Wildman–Crippen LogP) is 1.91. The molecule has 32 heavy (non-hydrogen) atoms. The summed E-state index contributed by atoms with van der Waals surface area (Å²) in [6, 6.07) is 3.89. The van der Waals surface area contributed by atoms with Crippen molar-refractivity contribution in [3.63, 3.8) is 0 Å². The van der Waals surface area contributed by atoms with E-state index in [0.717, 1.165) is 29.8 Å². The van der Waals surface area contributed by atoms with Gasteiger partial charge in [0.2, 0.25) is 0 Å². The summed E-state index contributed by atoms with van der Waals surface area (Å²) >= 11 is 0. The first-order valence-electron chi connectivity index (χ1n) is 10.3. The Morgan fingerprint density at radius 3 is 2.66 bits per heavy atom. The monoisotopic (exact) mass is 433 g/mol. The zero-order valence-corrected chi connectivity index (χ0v) is 18.0. The van der Waals surface area contributed by atoms with E-state index in [-0.39, 0.29) is 11.1 Å². The number of hydrogen-bond donors (Lipinski definition) is 3. The van der Waals surface area contributed by atoms with Crippen LogP contribution in [0, 0.1) is 13.8 Å². The summed E-state index contributed by atoms with van der Waals surface area (Å²) in [5.74, 6) is 0.330. The molecule has 0 spiro atoms. The summed E-state index contributed by atoms with van der Waals surface area (Å²) in [6.07, 6.45) is 7.12. The molecule has 4 N–H and O–H groups in total. The third-order valence-corrected chi connectivity index (χ3v) is 5.58. The summed E-state index contributed by atoms with van der Waals surface area (Å²) in [7, 11) is 1.73. The smallest absolute Gasteiger partial charge is 0.278 e. The topological polar surface area (TPSA) is 137 Å². The van der Waals surface area contributed by atoms with Gasteiger partial charge in [-0.05, 0) is 38.3 Å². The molecule has 4 heterocycles. The van der Waals surface area contributed by atoms with Crippen LogP contribution in [0.25, 0.3) is 11.3 Å². The normalized spacial score (nSPS) is 13.5. The molecular weight excluding hydrogens is 410 g/mol. The second kappa shape index (κ2) is 7.22. The minimum Gasteiger partial charge on any atom is -0.373 e. The lowest BCUT2D eigenvalue weighted by molar-refractivity contribution is 0.100. The zero-order valence-electron chi connectivity index (χ0n) is 18.0. The molecule has 0 atom stereocenters. The minimum absolute atomic E-state index is 0.190. The van der Waals surface area contributed by atoms with Crippen molar-refractivity contribution in [2.24, 2.45) is 5.73 Å². The van der Waals surface area contributed by atoms with E-state index < -0.39 is 5.91 Å². The molecule has 1 fully saturated rings. The first-order valence-corrected chi connectivity index (χ1v) is 10.3. The van der Waals surface area contributed by atoms with Crippen molar-refractivity contribution in [2.75, 3.05) is 17.7 Å². The first-order chi connectivity index (χ1) is 15.4. The molecule has 0 unspecified atom stereocenters. The van der Waals surface area contributed by atoms with Crippen LogP contribution in [0.5, 0.6) is 0 Å². The summed E-state index contributed by atoms with van der Waals surface area (Å²) < 4.78 is 5.07. The molecule has 1 aliphatic rings. The molecule has 1 saturated carbocycles. The van der Waals surface area contributed by atoms with Gasteiger partial charge in [-0.25, -0.2) is 4.98 Å². The van der Waals surface area contributed by atoms with Gasteiger partial charge in [-0.2, -0.15) is 14.7 Å². The molecule has 11 nitrogen and oxygen atoms in total. The van der Waals surface area contributed by atoms with Gasteiger partial charge in [-0.1, -0.05) is 0 Å². The molecule has 4 aromatic heterocycles. The Hall–Kier alpha value is -4.15. The van der Waals surface area contributed by atoms with E-state index in [1.165, 1.54) is 10.7 Å². The van der Waals surface area contributed by atoms with Crippen molar-refractivity contribution in [2.45, 2.75) is 32.7 Å². The Labute approximate surface area is 182 Å². The number of nitrogens with two attached hydrogens (primary N) is 1. The van der Waals surface area contributed by atoms with Crippen LogP contribution in [0.1, 0.15) is 40.5 Å². The molecule has 0 aromatic carbocycles. The van der Waals surface area contributed by atoms with Crippen LogP contribution in [-0.2, 0) is 0 Å². The van der Waals surface area contributed by atoms with Gasteiger partial charge in [0.25, 0.3) is 11.5 Å². The Morgan fingerprint density at radius 1 is 1.19 bits per heavy atom. The van der Waals surface area contributed by atoms with Crippen molar-refractivity contribution in [1.29, 1.82) is 0 Å². The van der Waals surface area contributed by atoms with E-state index in [1.54, 1.807) is 36.1 Å². The number of aryl methyl sites for hydroxylation is 1. The fourth-order valence-electron chi connectivity index (χ4n) is 3.84. The van der Waals surface area contributed by atoms with E-state index in [9.17, 15) is 9.59 Å². The van der Waals surface area contributed by atoms with E-state index in [1.807, 2.05) is 18.5 Å². The van der Waals surface area contributed by atoms with E-state index in [2.05, 4.69) is 25.8 Å². The number of primary amides is 1. The largest absolute Gasteiger partial charge is 0.373 e. The highest BCUT2D eigenvalue weighted by atomic mass is 16.1. The van der Waals surface area contributed by atoms with Gasteiger partial charge in [0.15, 0.2) is 5.65 Å². The van der Waals surface area contributed by atoms with Gasteiger partial charge < -0.3 is 16.4 Å². The van der Waals surface area contributed by atoms with Gasteiger partial charge in [0.05, 0.1) is 29.8 Å². The van der Waals surface area contributed by atoms with Crippen molar-refractivity contribution in [3.8, 4) is 5.69 Å². The molecular formula is C21H23N9O2. The Kier molecular flexibility index (Phi) is 4.47. The maximum absolute atomic E-state index is 13.3. The highest BCUT2D eigenvalue weighted by molar-refractivity contribution is 5.98. The lowest BCUT2D eigenvalue weighted by Gasteiger charge is -2.13. The van der Waals surface area contributed by atoms with Gasteiger partial charge in [0, 0.05) is 19.3 Å². The van der Waals surface area contributed by atoms with E-state index in [0.29, 0.717) is 29.0 Å². The number of pyridine rings is 1. The highest BCUT2D eigenvalue weighted by Gasteiger charge is 2.27. The summed E-state index contributed by atoms with van der Waals surface area (Å²) in [5, 5.41) is 14.8. The van der Waals surface area contributed by atoms with Crippen LogP contribution >= 0.6 is 0 Å². The lowest BCUT2D eigenvalue weighted by atomic mass is 10.2. The van der Waals surface area contributed by atoms with E-state index >= 15 is 0 Å². The SMILES string of the molecule is CNc1cc(Nc2cc(C)cn(-c3cnn(C4CC4)c3C)c2=O)nc2c(C(N)=O)cnn12. The third-order valence-electron chi connectivity index (χ3n) is 5.58. The molecule has 1 aliphatic carbocycles. The van der Waals surface area contributed by atoms with E-state index in [4.69, 9.17) is 5.73 Å². The average Bonchev–Trinajstić information content (AvgIpc) is 3.39. The number of carbonyl (C=O) groups excluding carboxylic acids is 1. The van der Waals surface area contributed by atoms with Crippen molar-refractivity contribution < 1.29 is 4.79 Å². The third kappa shape index (κ3) is 3.18. The van der Waals surface area contributed by atoms with Crippen molar-refractivity contribution in [3.05, 3.63) is 57.9 Å². The summed E-state index contributed by atoms with van der Waals surface area (Å²) in [4.78, 5) is 29.6. The van der Waals surface area contributed by atoms with Crippen molar-refractivity contribution >= 4 is 28.9 Å². The number of nitrogens with zero attached hydrogens (tertiary/aromatic N) is 6. The molecule has 4 aromatic rings. The van der Waals surface area contributed by atoms with Crippen LogP contribution < -0.4 is 21.9 Å². The predicted molar refractivity (Wildman–Crippen MR) is 120 cm³/mol. The number of fused-ring (bicyclic) bond motifs is 1. The maximum Gasteiger partial charge on any atom is 0.278 e. The molecule has 0 aliphatic heterocycles. The minimum atomic E-state index is -0.632. The van der Waals surface area contributed by atoms with Crippen molar-refractivity contribution in [1.82, 2.24) is 28.9 Å². The van der Waals surface area contributed by atoms with Gasteiger partial charge >= 0.3 is 0 Å². The molecule has 0 bridgehead atoms. The number of rotatable bonds is 6. The molecule has 0 radical (unpaired) electrons. The fourth-order valence-corrected chi connectivity index (χ4v) is 3.84. The highest BCUT2D eigenvalue weighted by Crippen LogP contribution is 2.36. The number of aromatic nitrogens is 6. The van der Waals surface area contributed by atoms with Crippen LogP contribution in [-0.4, -0.2) is 41.9 Å². The Balaban J connectivity index is 1.59. The van der Waals surface area contributed by atoms with Crippen LogP contribution in [0.15, 0.2) is 35.5 Å². The number of anilines is 3.